The highest BCUT2D eigenvalue weighted by Gasteiger charge is 2.24. The van der Waals surface area contributed by atoms with Crippen LogP contribution >= 0.6 is 11.6 Å². The Morgan fingerprint density at radius 1 is 1.19 bits per heavy atom. The average molecular weight is 444 g/mol. The van der Waals surface area contributed by atoms with Crippen molar-refractivity contribution in [2.45, 2.75) is 33.2 Å². The van der Waals surface area contributed by atoms with E-state index in [4.69, 9.17) is 11.6 Å². The van der Waals surface area contributed by atoms with Gasteiger partial charge in [0.2, 0.25) is 5.91 Å². The maximum atomic E-state index is 13.1. The molecule has 0 N–H and O–H groups in total. The molecule has 0 aliphatic carbocycles. The summed E-state index contributed by atoms with van der Waals surface area (Å²) in [5.41, 5.74) is 2.47. The Bertz CT molecular complexity index is 993. The van der Waals surface area contributed by atoms with Crippen LogP contribution in [0, 0.1) is 16.0 Å². The number of nitro groups is 1. The van der Waals surface area contributed by atoms with E-state index in [2.05, 4.69) is 6.07 Å². The first kappa shape index (κ1) is 22.7. The van der Waals surface area contributed by atoms with Crippen LogP contribution in [0.3, 0.4) is 0 Å². The van der Waals surface area contributed by atoms with Gasteiger partial charge < -0.3 is 9.80 Å². The fraction of sp³-hybridized carbons (Fsp3) is 0.391. The number of nitro benzene ring substituents is 1. The third kappa shape index (κ3) is 5.61. The van der Waals surface area contributed by atoms with Crippen LogP contribution < -0.4 is 0 Å². The summed E-state index contributed by atoms with van der Waals surface area (Å²) in [6.07, 6.45) is 1.04. The minimum absolute atomic E-state index is 0.00542. The summed E-state index contributed by atoms with van der Waals surface area (Å²) in [7, 11) is 0. The monoisotopic (exact) mass is 443 g/mol. The Balaban J connectivity index is 1.68. The summed E-state index contributed by atoms with van der Waals surface area (Å²) in [6, 6.07) is 11.9. The van der Waals surface area contributed by atoms with Gasteiger partial charge in [0.1, 0.15) is 0 Å². The molecule has 0 saturated heterocycles. The maximum absolute atomic E-state index is 13.1. The summed E-state index contributed by atoms with van der Waals surface area (Å²) in [5, 5.41) is 11.0. The molecule has 0 atom stereocenters. The quantitative estimate of drug-likeness (QED) is 0.471. The first-order valence-corrected chi connectivity index (χ1v) is 10.7. The van der Waals surface area contributed by atoms with Crippen molar-refractivity contribution < 1.29 is 14.5 Å². The zero-order chi connectivity index (χ0) is 22.5. The number of benzene rings is 2. The van der Waals surface area contributed by atoms with E-state index >= 15 is 0 Å². The molecule has 8 heteroatoms. The van der Waals surface area contributed by atoms with Gasteiger partial charge in [-0.1, -0.05) is 49.7 Å². The zero-order valence-corrected chi connectivity index (χ0v) is 18.5. The van der Waals surface area contributed by atoms with Crippen LogP contribution in [0.15, 0.2) is 42.5 Å². The summed E-state index contributed by atoms with van der Waals surface area (Å²) < 4.78 is 0. The third-order valence-electron chi connectivity index (χ3n) is 5.35. The van der Waals surface area contributed by atoms with Gasteiger partial charge in [-0.25, -0.2) is 0 Å². The molecule has 0 spiro atoms. The number of non-ortho nitro benzene ring substituents is 1. The van der Waals surface area contributed by atoms with Gasteiger partial charge in [-0.3, -0.25) is 19.7 Å². The number of halogens is 1. The SMILES string of the molecule is CC(C)CN(CCC(=O)N1CCc2ccccc2C1)C(=O)c1ccc([N+](=O)[O-])cc1Cl. The van der Waals surface area contributed by atoms with Crippen molar-refractivity contribution in [1.29, 1.82) is 0 Å². The lowest BCUT2D eigenvalue weighted by Gasteiger charge is -2.30. The predicted octanol–water partition coefficient (Wildman–Crippen LogP) is 4.32. The topological polar surface area (TPSA) is 83.8 Å². The third-order valence-corrected chi connectivity index (χ3v) is 5.66. The Hall–Kier alpha value is -2.93. The molecule has 7 nitrogen and oxygen atoms in total. The molecule has 0 bridgehead atoms. The second-order valence-corrected chi connectivity index (χ2v) is 8.56. The second kappa shape index (κ2) is 9.92. The molecule has 0 radical (unpaired) electrons. The number of fused-ring (bicyclic) bond motifs is 1. The molecule has 2 aromatic rings. The van der Waals surface area contributed by atoms with Gasteiger partial charge in [-0.15, -0.1) is 0 Å². The van der Waals surface area contributed by atoms with E-state index in [1.807, 2.05) is 36.9 Å². The molecule has 0 fully saturated rings. The van der Waals surface area contributed by atoms with E-state index in [0.29, 0.717) is 19.6 Å². The Morgan fingerprint density at radius 3 is 2.55 bits per heavy atom. The van der Waals surface area contributed by atoms with Crippen molar-refractivity contribution in [2.75, 3.05) is 19.6 Å². The number of amides is 2. The summed E-state index contributed by atoms with van der Waals surface area (Å²) in [4.78, 5) is 39.7. The van der Waals surface area contributed by atoms with Crippen molar-refractivity contribution in [1.82, 2.24) is 9.80 Å². The van der Waals surface area contributed by atoms with Crippen LogP contribution in [0.1, 0.15) is 41.8 Å². The number of carbonyl (C=O) groups excluding carboxylic acids is 2. The average Bonchev–Trinajstić information content (AvgIpc) is 2.75. The van der Waals surface area contributed by atoms with Gasteiger partial charge in [0.05, 0.1) is 15.5 Å². The van der Waals surface area contributed by atoms with Crippen molar-refractivity contribution in [3.05, 3.63) is 74.3 Å². The van der Waals surface area contributed by atoms with Gasteiger partial charge in [0.25, 0.3) is 11.6 Å². The van der Waals surface area contributed by atoms with Crippen LogP contribution in [0.25, 0.3) is 0 Å². The number of nitrogens with zero attached hydrogens (tertiary/aromatic N) is 3. The molecular weight excluding hydrogens is 418 g/mol. The maximum Gasteiger partial charge on any atom is 0.270 e. The first-order chi connectivity index (χ1) is 14.8. The molecule has 164 valence electrons. The van der Waals surface area contributed by atoms with Crippen molar-refractivity contribution >= 4 is 29.1 Å². The highest BCUT2D eigenvalue weighted by Crippen LogP contribution is 2.24. The van der Waals surface area contributed by atoms with Gasteiger partial charge >= 0.3 is 0 Å². The Morgan fingerprint density at radius 2 is 1.90 bits per heavy atom. The van der Waals surface area contributed by atoms with Gasteiger partial charge in [0.15, 0.2) is 0 Å². The molecule has 1 aliphatic heterocycles. The highest BCUT2D eigenvalue weighted by atomic mass is 35.5. The molecule has 2 aromatic carbocycles. The minimum Gasteiger partial charge on any atom is -0.338 e. The zero-order valence-electron chi connectivity index (χ0n) is 17.7. The fourth-order valence-corrected chi connectivity index (χ4v) is 4.03. The molecule has 1 aliphatic rings. The van der Waals surface area contributed by atoms with Crippen LogP contribution in [0.5, 0.6) is 0 Å². The fourth-order valence-electron chi connectivity index (χ4n) is 3.78. The van der Waals surface area contributed by atoms with E-state index in [1.165, 1.54) is 23.8 Å². The van der Waals surface area contributed by atoms with Crippen molar-refractivity contribution in [3.63, 3.8) is 0 Å². The van der Waals surface area contributed by atoms with Gasteiger partial charge in [0, 0.05) is 44.7 Å². The Labute approximate surface area is 186 Å². The van der Waals surface area contributed by atoms with Crippen LogP contribution in [-0.2, 0) is 17.8 Å². The molecule has 3 rings (SSSR count). The van der Waals surface area contributed by atoms with Gasteiger partial charge in [-0.2, -0.15) is 0 Å². The second-order valence-electron chi connectivity index (χ2n) is 8.15. The van der Waals surface area contributed by atoms with E-state index in [1.54, 1.807) is 4.90 Å². The number of hydrogen-bond acceptors (Lipinski definition) is 4. The molecule has 0 aromatic heterocycles. The van der Waals surface area contributed by atoms with Crippen molar-refractivity contribution in [3.8, 4) is 0 Å². The van der Waals surface area contributed by atoms with E-state index in [-0.39, 0.29) is 47.0 Å². The molecule has 0 unspecified atom stereocenters. The van der Waals surface area contributed by atoms with Crippen LogP contribution in [-0.4, -0.2) is 46.2 Å². The molecular formula is C23H26ClN3O4. The number of rotatable bonds is 7. The highest BCUT2D eigenvalue weighted by molar-refractivity contribution is 6.34. The molecule has 0 saturated carbocycles. The summed E-state index contributed by atoms with van der Waals surface area (Å²) in [5.74, 6) is -0.131. The lowest BCUT2D eigenvalue weighted by atomic mass is 10.00. The van der Waals surface area contributed by atoms with Crippen molar-refractivity contribution in [2.24, 2.45) is 5.92 Å². The normalized spacial score (nSPS) is 13.1. The first-order valence-electron chi connectivity index (χ1n) is 10.3. The lowest BCUT2D eigenvalue weighted by molar-refractivity contribution is -0.384. The number of hydrogen-bond donors (Lipinski definition) is 0. The van der Waals surface area contributed by atoms with Gasteiger partial charge in [-0.05, 0) is 29.5 Å². The lowest BCUT2D eigenvalue weighted by Crippen LogP contribution is -2.40. The smallest absolute Gasteiger partial charge is 0.270 e. The minimum atomic E-state index is -0.554. The van der Waals surface area contributed by atoms with Crippen LogP contribution in [0.4, 0.5) is 5.69 Å². The Kier molecular flexibility index (Phi) is 7.28. The molecule has 2 amide bonds. The predicted molar refractivity (Wildman–Crippen MR) is 119 cm³/mol. The molecule has 1 heterocycles. The molecule has 31 heavy (non-hydrogen) atoms. The summed E-state index contributed by atoms with van der Waals surface area (Å²) in [6.45, 7) is 5.95. The summed E-state index contributed by atoms with van der Waals surface area (Å²) >= 11 is 6.15. The van der Waals surface area contributed by atoms with E-state index < -0.39 is 4.92 Å². The van der Waals surface area contributed by atoms with E-state index in [9.17, 15) is 19.7 Å². The largest absolute Gasteiger partial charge is 0.338 e. The number of carbonyl (C=O) groups is 2. The van der Waals surface area contributed by atoms with E-state index in [0.717, 1.165) is 12.0 Å². The van der Waals surface area contributed by atoms with Crippen LogP contribution in [0.2, 0.25) is 5.02 Å². The standard InChI is InChI=1S/C23H26ClN3O4/c1-16(2)14-26(23(29)20-8-7-19(27(30)31)13-21(20)24)12-10-22(28)25-11-9-17-5-3-4-6-18(17)15-25/h3-8,13,16H,9-12,14-15H2,1-2H3.